The molecule has 2 saturated heterocycles. The first-order chi connectivity index (χ1) is 11.5. The second kappa shape index (κ2) is 6.74. The van der Waals surface area contributed by atoms with E-state index >= 15 is 0 Å². The van der Waals surface area contributed by atoms with E-state index in [2.05, 4.69) is 9.71 Å². The van der Waals surface area contributed by atoms with E-state index in [1.165, 1.54) is 6.42 Å². The number of rotatable bonds is 1. The van der Waals surface area contributed by atoms with Crippen LogP contribution in [-0.2, 0) is 14.8 Å². The lowest BCUT2D eigenvalue weighted by molar-refractivity contribution is -0.128. The summed E-state index contributed by atoms with van der Waals surface area (Å²) in [7, 11) is -3.48. The summed E-state index contributed by atoms with van der Waals surface area (Å²) in [5.74, 6) is 0.152. The molecule has 0 aromatic heterocycles. The van der Waals surface area contributed by atoms with E-state index < -0.39 is 10.0 Å². The Hall–Kier alpha value is -1.38. The molecule has 0 atom stereocenters. The van der Waals surface area contributed by atoms with Gasteiger partial charge in [-0.2, -0.15) is 0 Å². The van der Waals surface area contributed by atoms with Gasteiger partial charge in [-0.25, -0.2) is 8.42 Å². The van der Waals surface area contributed by atoms with Crippen LogP contribution in [0.25, 0.3) is 0 Å². The standard InChI is InChI=1S/C16H22N4O3S.ClH/c21-15(20-8-4-16(5-9-20)3-6-17-12-16)13-2-1-7-19-10-11-24(22,23)18-14(13)19;/h1-2,7,17H,3-6,8-12H2;1H. The first-order valence-electron chi connectivity index (χ1n) is 8.46. The molecule has 4 rings (SSSR count). The summed E-state index contributed by atoms with van der Waals surface area (Å²) in [6.45, 7) is 3.90. The van der Waals surface area contributed by atoms with Gasteiger partial charge in [-0.1, -0.05) is 0 Å². The molecule has 1 spiro atoms. The molecule has 0 saturated carbocycles. The predicted molar refractivity (Wildman–Crippen MR) is 98.1 cm³/mol. The summed E-state index contributed by atoms with van der Waals surface area (Å²) in [6, 6.07) is 0. The quantitative estimate of drug-likeness (QED) is 0.710. The highest BCUT2D eigenvalue weighted by Crippen LogP contribution is 2.37. The SMILES string of the molecule is Cl.O=C(C1=CC=CN2CCS(=O)(=O)N=C12)N1CCC2(CCNC2)CC1. The predicted octanol–water partition coefficient (Wildman–Crippen LogP) is 0.508. The number of likely N-dealkylation sites (tertiary alicyclic amines) is 1. The lowest BCUT2D eigenvalue weighted by atomic mass is 9.77. The zero-order chi connectivity index (χ0) is 16.8. The summed E-state index contributed by atoms with van der Waals surface area (Å²) in [5, 5.41) is 3.42. The molecular formula is C16H23ClN4O3S. The molecule has 0 aliphatic carbocycles. The van der Waals surface area contributed by atoms with Crippen molar-refractivity contribution < 1.29 is 13.2 Å². The highest BCUT2D eigenvalue weighted by molar-refractivity contribution is 7.90. The van der Waals surface area contributed by atoms with E-state index in [1.54, 1.807) is 23.3 Å². The second-order valence-corrected chi connectivity index (χ2v) is 8.79. The average Bonchev–Trinajstić information content (AvgIpc) is 3.02. The third kappa shape index (κ3) is 3.47. The second-order valence-electron chi connectivity index (χ2n) is 7.04. The monoisotopic (exact) mass is 386 g/mol. The van der Waals surface area contributed by atoms with Crippen LogP contribution in [0.5, 0.6) is 0 Å². The normalized spacial score (nSPS) is 26.6. The smallest absolute Gasteiger partial charge is 0.257 e. The third-order valence-electron chi connectivity index (χ3n) is 5.53. The van der Waals surface area contributed by atoms with Crippen molar-refractivity contribution in [1.29, 1.82) is 0 Å². The zero-order valence-electron chi connectivity index (χ0n) is 14.0. The summed E-state index contributed by atoms with van der Waals surface area (Å²) in [6.07, 6.45) is 8.43. The maximum Gasteiger partial charge on any atom is 0.257 e. The number of carbonyl (C=O) groups excluding carboxylic acids is 1. The number of hydrogen-bond acceptors (Lipinski definition) is 5. The largest absolute Gasteiger partial charge is 0.338 e. The molecule has 0 aromatic rings. The molecule has 1 N–H and O–H groups in total. The number of hydrogen-bond donors (Lipinski definition) is 1. The van der Waals surface area contributed by atoms with Crippen LogP contribution in [0.3, 0.4) is 0 Å². The van der Waals surface area contributed by atoms with Gasteiger partial charge in [0.25, 0.3) is 15.9 Å². The molecule has 9 heteroatoms. The Labute approximate surface area is 154 Å². The molecule has 0 unspecified atom stereocenters. The van der Waals surface area contributed by atoms with E-state index in [0.29, 0.717) is 17.5 Å². The van der Waals surface area contributed by atoms with Gasteiger partial charge >= 0.3 is 0 Å². The fourth-order valence-corrected chi connectivity index (χ4v) is 4.95. The van der Waals surface area contributed by atoms with Crippen LogP contribution < -0.4 is 5.32 Å². The number of nitrogens with zero attached hydrogens (tertiary/aromatic N) is 3. The third-order valence-corrected chi connectivity index (χ3v) is 6.68. The van der Waals surface area contributed by atoms with E-state index in [0.717, 1.165) is 39.0 Å². The number of amidine groups is 1. The molecule has 25 heavy (non-hydrogen) atoms. The number of allylic oxidation sites excluding steroid dienone is 2. The summed E-state index contributed by atoms with van der Waals surface area (Å²) < 4.78 is 27.5. The summed E-state index contributed by atoms with van der Waals surface area (Å²) in [4.78, 5) is 16.5. The maximum absolute atomic E-state index is 12.9. The molecule has 0 aromatic carbocycles. The van der Waals surface area contributed by atoms with Crippen LogP contribution in [0.15, 0.2) is 28.3 Å². The van der Waals surface area contributed by atoms with Crippen LogP contribution in [0.4, 0.5) is 0 Å². The molecule has 1 amide bonds. The Morgan fingerprint density at radius 2 is 1.96 bits per heavy atom. The van der Waals surface area contributed by atoms with Crippen LogP contribution in [0.2, 0.25) is 0 Å². The number of halogens is 1. The Balaban J connectivity index is 0.00000182. The Kier molecular flexibility index (Phi) is 4.96. The van der Waals surface area contributed by atoms with Crippen molar-refractivity contribution in [2.45, 2.75) is 19.3 Å². The molecule has 2 fully saturated rings. The topological polar surface area (TPSA) is 82.1 Å². The van der Waals surface area contributed by atoms with Gasteiger partial charge in [0, 0.05) is 32.4 Å². The number of fused-ring (bicyclic) bond motifs is 1. The first-order valence-corrected chi connectivity index (χ1v) is 10.1. The van der Waals surface area contributed by atoms with Gasteiger partial charge in [0.2, 0.25) is 0 Å². The van der Waals surface area contributed by atoms with E-state index in [4.69, 9.17) is 0 Å². The first kappa shape index (κ1) is 18.4. The van der Waals surface area contributed by atoms with Crippen molar-refractivity contribution in [1.82, 2.24) is 15.1 Å². The molecule has 4 aliphatic heterocycles. The van der Waals surface area contributed by atoms with Crippen molar-refractivity contribution >= 4 is 34.2 Å². The summed E-state index contributed by atoms with van der Waals surface area (Å²) >= 11 is 0. The van der Waals surface area contributed by atoms with Crippen LogP contribution in [0, 0.1) is 5.41 Å². The number of amides is 1. The molecule has 138 valence electrons. The molecule has 4 heterocycles. The Morgan fingerprint density at radius 3 is 2.64 bits per heavy atom. The van der Waals surface area contributed by atoms with Gasteiger partial charge in [0.05, 0.1) is 11.3 Å². The molecule has 7 nitrogen and oxygen atoms in total. The lowest BCUT2D eigenvalue weighted by Gasteiger charge is -2.40. The van der Waals surface area contributed by atoms with Crippen molar-refractivity contribution in [2.75, 3.05) is 38.5 Å². The Morgan fingerprint density at radius 1 is 1.20 bits per heavy atom. The lowest BCUT2D eigenvalue weighted by Crippen LogP contribution is -2.47. The van der Waals surface area contributed by atoms with Crippen LogP contribution in [0.1, 0.15) is 19.3 Å². The fourth-order valence-electron chi connectivity index (χ4n) is 3.96. The van der Waals surface area contributed by atoms with Crippen molar-refractivity contribution in [3.8, 4) is 0 Å². The number of sulfonamides is 1. The average molecular weight is 387 g/mol. The van der Waals surface area contributed by atoms with Crippen LogP contribution in [-0.4, -0.2) is 68.4 Å². The van der Waals surface area contributed by atoms with Gasteiger partial charge in [-0.3, -0.25) is 4.79 Å². The van der Waals surface area contributed by atoms with Gasteiger partial charge in [-0.05, 0) is 43.4 Å². The van der Waals surface area contributed by atoms with Crippen molar-refractivity contribution in [3.05, 3.63) is 23.9 Å². The van der Waals surface area contributed by atoms with Gasteiger partial charge in [0.1, 0.15) is 0 Å². The zero-order valence-corrected chi connectivity index (χ0v) is 15.6. The van der Waals surface area contributed by atoms with Crippen molar-refractivity contribution in [3.63, 3.8) is 0 Å². The van der Waals surface area contributed by atoms with E-state index in [-0.39, 0.29) is 29.9 Å². The van der Waals surface area contributed by atoms with Gasteiger partial charge in [0.15, 0.2) is 5.84 Å². The minimum Gasteiger partial charge on any atom is -0.338 e. The minimum atomic E-state index is -3.48. The summed E-state index contributed by atoms with van der Waals surface area (Å²) in [5.41, 5.74) is 0.733. The minimum absolute atomic E-state index is 0. The fraction of sp³-hybridized carbons (Fsp3) is 0.625. The van der Waals surface area contributed by atoms with Gasteiger partial charge in [-0.15, -0.1) is 16.8 Å². The molecule has 0 radical (unpaired) electrons. The van der Waals surface area contributed by atoms with E-state index in [9.17, 15) is 13.2 Å². The van der Waals surface area contributed by atoms with Gasteiger partial charge < -0.3 is 15.1 Å². The van der Waals surface area contributed by atoms with Crippen LogP contribution >= 0.6 is 12.4 Å². The number of piperidine rings is 1. The highest BCUT2D eigenvalue weighted by atomic mass is 35.5. The molecule has 4 aliphatic rings. The number of nitrogens with one attached hydrogen (secondary N) is 1. The number of carbonyl (C=O) groups is 1. The van der Waals surface area contributed by atoms with Crippen molar-refractivity contribution in [2.24, 2.45) is 9.81 Å². The molecular weight excluding hydrogens is 364 g/mol. The van der Waals surface area contributed by atoms with E-state index in [1.807, 2.05) is 4.90 Å². The maximum atomic E-state index is 12.9. The molecule has 0 bridgehead atoms. The Bertz CT molecular complexity index is 743. The highest BCUT2D eigenvalue weighted by Gasteiger charge is 2.39.